The van der Waals surface area contributed by atoms with Gasteiger partial charge in [-0.15, -0.1) is 5.73 Å². The highest BCUT2D eigenvalue weighted by atomic mass is 16.5. The first-order valence-electron chi connectivity index (χ1n) is 3.82. The van der Waals surface area contributed by atoms with Crippen molar-refractivity contribution in [2.45, 2.75) is 0 Å². The van der Waals surface area contributed by atoms with Crippen molar-refractivity contribution in [3.8, 4) is 0 Å². The summed E-state index contributed by atoms with van der Waals surface area (Å²) in [5, 5.41) is 0. The molecule has 0 aliphatic carbocycles. The van der Waals surface area contributed by atoms with Crippen molar-refractivity contribution >= 4 is 12.0 Å². The molecule has 0 spiro atoms. The molecular formula is C11H10O2. The Hall–Kier alpha value is -1.79. The van der Waals surface area contributed by atoms with Crippen LogP contribution in [0.15, 0.2) is 36.6 Å². The molecule has 1 aromatic carbocycles. The van der Waals surface area contributed by atoms with Gasteiger partial charge in [-0.05, 0) is 17.7 Å². The highest BCUT2D eigenvalue weighted by Crippen LogP contribution is 2.10. The van der Waals surface area contributed by atoms with Crippen LogP contribution in [-0.2, 0) is 4.74 Å². The Morgan fingerprint density at radius 1 is 1.54 bits per heavy atom. The molecule has 66 valence electrons. The molecule has 0 bridgehead atoms. The molecule has 0 aliphatic heterocycles. The van der Waals surface area contributed by atoms with Gasteiger partial charge < -0.3 is 4.74 Å². The molecule has 0 radical (unpaired) electrons. The molecule has 0 N–H and O–H groups in total. The van der Waals surface area contributed by atoms with Gasteiger partial charge in [0, 0.05) is 0 Å². The summed E-state index contributed by atoms with van der Waals surface area (Å²) in [5.41, 5.74) is 3.92. The van der Waals surface area contributed by atoms with Crippen LogP contribution in [0.5, 0.6) is 0 Å². The van der Waals surface area contributed by atoms with Crippen molar-refractivity contribution in [3.63, 3.8) is 0 Å². The minimum atomic E-state index is -0.345. The molecule has 1 aromatic rings. The fourth-order valence-corrected chi connectivity index (χ4v) is 1.03. The molecule has 0 amide bonds. The molecule has 0 aliphatic rings. The van der Waals surface area contributed by atoms with Crippen molar-refractivity contribution in [3.05, 3.63) is 47.7 Å². The summed E-state index contributed by atoms with van der Waals surface area (Å²) < 4.78 is 4.62. The Morgan fingerprint density at radius 2 is 2.23 bits per heavy atom. The number of hydrogen-bond donors (Lipinski definition) is 0. The summed E-state index contributed by atoms with van der Waals surface area (Å²) in [4.78, 5) is 11.2. The zero-order valence-corrected chi connectivity index (χ0v) is 7.41. The van der Waals surface area contributed by atoms with Crippen LogP contribution in [0.1, 0.15) is 15.9 Å². The monoisotopic (exact) mass is 174 g/mol. The van der Waals surface area contributed by atoms with Gasteiger partial charge in [-0.1, -0.05) is 24.8 Å². The van der Waals surface area contributed by atoms with Crippen LogP contribution < -0.4 is 0 Å². The van der Waals surface area contributed by atoms with Crippen LogP contribution in [0.4, 0.5) is 0 Å². The lowest BCUT2D eigenvalue weighted by Gasteiger charge is -2.01. The van der Waals surface area contributed by atoms with Gasteiger partial charge in [-0.25, -0.2) is 4.79 Å². The van der Waals surface area contributed by atoms with E-state index in [0.29, 0.717) is 5.56 Å². The van der Waals surface area contributed by atoms with Crippen LogP contribution >= 0.6 is 0 Å². The molecule has 0 fully saturated rings. The molecular weight excluding hydrogens is 164 g/mol. The topological polar surface area (TPSA) is 26.3 Å². The number of hydrogen-bond acceptors (Lipinski definition) is 2. The van der Waals surface area contributed by atoms with Gasteiger partial charge in [0.15, 0.2) is 0 Å². The minimum absolute atomic E-state index is 0.345. The largest absolute Gasteiger partial charge is 0.465 e. The Kier molecular flexibility index (Phi) is 3.07. The summed E-state index contributed by atoms with van der Waals surface area (Å²) >= 11 is 0. The predicted molar refractivity (Wildman–Crippen MR) is 51.4 cm³/mol. The zero-order chi connectivity index (χ0) is 9.68. The van der Waals surface area contributed by atoms with E-state index in [0.717, 1.165) is 5.56 Å². The maximum Gasteiger partial charge on any atom is 0.338 e. The average Bonchev–Trinajstić information content (AvgIpc) is 2.18. The van der Waals surface area contributed by atoms with Crippen LogP contribution in [0, 0.1) is 0 Å². The SMILES string of the molecule is C=C=Cc1ccccc1C(=O)OC. The van der Waals surface area contributed by atoms with Gasteiger partial charge in [0.1, 0.15) is 0 Å². The molecule has 2 heteroatoms. The number of esters is 1. The standard InChI is InChI=1S/C11H10O2/c1-3-6-9-7-4-5-8-10(9)11(12)13-2/h4-8H,1H2,2H3. The van der Waals surface area contributed by atoms with E-state index in [2.05, 4.69) is 17.0 Å². The number of ether oxygens (including phenoxy) is 1. The molecule has 13 heavy (non-hydrogen) atoms. The van der Waals surface area contributed by atoms with Crippen LogP contribution in [-0.4, -0.2) is 13.1 Å². The molecule has 0 aromatic heterocycles. The highest BCUT2D eigenvalue weighted by molar-refractivity contribution is 5.93. The molecule has 1 rings (SSSR count). The van der Waals surface area contributed by atoms with Gasteiger partial charge in [-0.3, -0.25) is 0 Å². The van der Waals surface area contributed by atoms with E-state index >= 15 is 0 Å². The second kappa shape index (κ2) is 4.29. The van der Waals surface area contributed by atoms with Crippen molar-refractivity contribution in [2.24, 2.45) is 0 Å². The summed E-state index contributed by atoms with van der Waals surface area (Å²) in [6, 6.07) is 7.14. The molecule has 0 saturated heterocycles. The lowest BCUT2D eigenvalue weighted by atomic mass is 10.1. The molecule has 0 unspecified atom stereocenters. The van der Waals surface area contributed by atoms with E-state index in [-0.39, 0.29) is 5.97 Å². The maximum absolute atomic E-state index is 11.2. The van der Waals surface area contributed by atoms with E-state index in [9.17, 15) is 4.79 Å². The first-order chi connectivity index (χ1) is 6.29. The van der Waals surface area contributed by atoms with Crippen LogP contribution in [0.2, 0.25) is 0 Å². The summed E-state index contributed by atoms with van der Waals surface area (Å²) in [7, 11) is 1.36. The second-order valence-corrected chi connectivity index (χ2v) is 2.43. The number of carbonyl (C=O) groups is 1. The highest BCUT2D eigenvalue weighted by Gasteiger charge is 2.07. The molecule has 0 saturated carbocycles. The van der Waals surface area contributed by atoms with E-state index in [1.54, 1.807) is 18.2 Å². The number of methoxy groups -OCH3 is 1. The maximum atomic E-state index is 11.2. The Balaban J connectivity index is 3.18. The van der Waals surface area contributed by atoms with E-state index in [1.807, 2.05) is 12.1 Å². The summed E-state index contributed by atoms with van der Waals surface area (Å²) in [6.45, 7) is 3.45. The lowest BCUT2D eigenvalue weighted by Crippen LogP contribution is -2.02. The third kappa shape index (κ3) is 2.08. The lowest BCUT2D eigenvalue weighted by molar-refractivity contribution is 0.0600. The smallest absolute Gasteiger partial charge is 0.338 e. The second-order valence-electron chi connectivity index (χ2n) is 2.43. The van der Waals surface area contributed by atoms with Crippen LogP contribution in [0.3, 0.4) is 0 Å². The van der Waals surface area contributed by atoms with Crippen molar-refractivity contribution in [2.75, 3.05) is 7.11 Å². The quantitative estimate of drug-likeness (QED) is 0.508. The fourth-order valence-electron chi connectivity index (χ4n) is 1.03. The van der Waals surface area contributed by atoms with Crippen LogP contribution in [0.25, 0.3) is 6.08 Å². The normalized spacial score (nSPS) is 8.69. The predicted octanol–water partition coefficient (Wildman–Crippen LogP) is 2.27. The number of rotatable bonds is 2. The minimum Gasteiger partial charge on any atom is -0.465 e. The third-order valence-corrected chi connectivity index (χ3v) is 1.62. The van der Waals surface area contributed by atoms with Crippen molar-refractivity contribution in [1.29, 1.82) is 0 Å². The van der Waals surface area contributed by atoms with E-state index in [1.165, 1.54) is 7.11 Å². The van der Waals surface area contributed by atoms with Gasteiger partial charge >= 0.3 is 5.97 Å². The van der Waals surface area contributed by atoms with E-state index in [4.69, 9.17) is 0 Å². The first kappa shape index (κ1) is 9.30. The Morgan fingerprint density at radius 3 is 2.85 bits per heavy atom. The zero-order valence-electron chi connectivity index (χ0n) is 7.41. The summed E-state index contributed by atoms with van der Waals surface area (Å²) in [6.07, 6.45) is 1.65. The number of benzene rings is 1. The molecule has 0 atom stereocenters. The average molecular weight is 174 g/mol. The van der Waals surface area contributed by atoms with E-state index < -0.39 is 0 Å². The van der Waals surface area contributed by atoms with Crippen molar-refractivity contribution in [1.82, 2.24) is 0 Å². The van der Waals surface area contributed by atoms with Gasteiger partial charge in [0.25, 0.3) is 0 Å². The molecule has 0 heterocycles. The Bertz CT molecular complexity index is 360. The van der Waals surface area contributed by atoms with Gasteiger partial charge in [-0.2, -0.15) is 0 Å². The first-order valence-corrected chi connectivity index (χ1v) is 3.82. The molecule has 2 nitrogen and oxygen atoms in total. The van der Waals surface area contributed by atoms with Gasteiger partial charge in [0.2, 0.25) is 0 Å². The summed E-state index contributed by atoms with van der Waals surface area (Å²) in [5.74, 6) is -0.345. The van der Waals surface area contributed by atoms with Crippen molar-refractivity contribution < 1.29 is 9.53 Å². The fraction of sp³-hybridized carbons (Fsp3) is 0.0909. The van der Waals surface area contributed by atoms with Gasteiger partial charge in [0.05, 0.1) is 12.7 Å². The Labute approximate surface area is 77.2 Å². The third-order valence-electron chi connectivity index (χ3n) is 1.62. The number of carbonyl (C=O) groups excluding carboxylic acids is 1.